The number of nitrogens with zero attached hydrogens (tertiary/aromatic N) is 1. The molecule has 0 aliphatic rings. The number of carbonyl (C=O) groups excluding carboxylic acids is 2. The maximum atomic E-state index is 12.7. The summed E-state index contributed by atoms with van der Waals surface area (Å²) in [4.78, 5) is 37.5. The largest absolute Gasteiger partial charge is 0.481 e. The van der Waals surface area contributed by atoms with Crippen molar-refractivity contribution in [3.8, 4) is 0 Å². The van der Waals surface area contributed by atoms with Crippen molar-refractivity contribution in [1.82, 2.24) is 10.2 Å². The summed E-state index contributed by atoms with van der Waals surface area (Å²) in [6, 6.07) is 14.6. The first-order valence-electron chi connectivity index (χ1n) is 10.6. The Hall–Kier alpha value is -3.15. The number of nitrogens with one attached hydrogen (secondary N) is 1. The SMILES string of the molecule is CCCN(CCC(=O)O)C(=O)c1ccc(CNC(=O)c2ccc(C(C)(C)C)cc2)cc1. The van der Waals surface area contributed by atoms with Crippen molar-refractivity contribution >= 4 is 17.8 Å². The first-order chi connectivity index (χ1) is 14.6. The second-order valence-corrected chi connectivity index (χ2v) is 8.64. The normalized spacial score (nSPS) is 11.1. The topological polar surface area (TPSA) is 86.7 Å². The van der Waals surface area contributed by atoms with Gasteiger partial charge in [-0.3, -0.25) is 14.4 Å². The molecule has 2 rings (SSSR count). The molecule has 166 valence electrons. The molecule has 0 atom stereocenters. The van der Waals surface area contributed by atoms with Crippen molar-refractivity contribution in [2.24, 2.45) is 0 Å². The van der Waals surface area contributed by atoms with Gasteiger partial charge in [-0.25, -0.2) is 0 Å². The summed E-state index contributed by atoms with van der Waals surface area (Å²) in [6.07, 6.45) is 0.679. The van der Waals surface area contributed by atoms with Gasteiger partial charge in [0.15, 0.2) is 0 Å². The van der Waals surface area contributed by atoms with Gasteiger partial charge < -0.3 is 15.3 Å². The Morgan fingerprint density at radius 2 is 1.48 bits per heavy atom. The molecule has 2 aromatic carbocycles. The molecule has 6 nitrogen and oxygen atoms in total. The van der Waals surface area contributed by atoms with Crippen LogP contribution in [0.4, 0.5) is 0 Å². The minimum Gasteiger partial charge on any atom is -0.481 e. The lowest BCUT2D eigenvalue weighted by Gasteiger charge is -2.21. The molecule has 2 N–H and O–H groups in total. The van der Waals surface area contributed by atoms with Crippen LogP contribution in [0, 0.1) is 0 Å². The van der Waals surface area contributed by atoms with E-state index in [0.29, 0.717) is 24.2 Å². The molecule has 0 aromatic heterocycles. The molecule has 0 unspecified atom stereocenters. The Morgan fingerprint density at radius 1 is 0.903 bits per heavy atom. The van der Waals surface area contributed by atoms with Crippen LogP contribution in [0.2, 0.25) is 0 Å². The summed E-state index contributed by atoms with van der Waals surface area (Å²) < 4.78 is 0. The van der Waals surface area contributed by atoms with E-state index in [1.165, 1.54) is 5.56 Å². The molecule has 0 fully saturated rings. The lowest BCUT2D eigenvalue weighted by atomic mass is 9.87. The maximum Gasteiger partial charge on any atom is 0.305 e. The van der Waals surface area contributed by atoms with Crippen LogP contribution in [0.3, 0.4) is 0 Å². The van der Waals surface area contributed by atoms with Gasteiger partial charge in [0, 0.05) is 30.8 Å². The van der Waals surface area contributed by atoms with Gasteiger partial charge in [0.25, 0.3) is 11.8 Å². The van der Waals surface area contributed by atoms with E-state index in [2.05, 4.69) is 26.1 Å². The van der Waals surface area contributed by atoms with Crippen LogP contribution in [-0.2, 0) is 16.8 Å². The van der Waals surface area contributed by atoms with E-state index < -0.39 is 5.97 Å². The zero-order valence-corrected chi connectivity index (χ0v) is 18.8. The van der Waals surface area contributed by atoms with E-state index in [9.17, 15) is 14.4 Å². The summed E-state index contributed by atoms with van der Waals surface area (Å²) in [5.41, 5.74) is 3.20. The summed E-state index contributed by atoms with van der Waals surface area (Å²) in [6.45, 7) is 9.39. The molecule has 2 aromatic rings. The van der Waals surface area contributed by atoms with Crippen molar-refractivity contribution in [2.45, 2.75) is 52.5 Å². The first-order valence-corrected chi connectivity index (χ1v) is 10.6. The third-order valence-electron chi connectivity index (χ3n) is 5.04. The molecule has 6 heteroatoms. The highest BCUT2D eigenvalue weighted by molar-refractivity contribution is 5.95. The Kier molecular flexibility index (Phi) is 8.37. The number of benzene rings is 2. The zero-order valence-electron chi connectivity index (χ0n) is 18.8. The van der Waals surface area contributed by atoms with E-state index in [-0.39, 0.29) is 30.2 Å². The standard InChI is InChI=1S/C25H32N2O4/c1-5-15-27(16-14-22(28)29)24(31)20-8-6-18(7-9-20)17-26-23(30)19-10-12-21(13-11-19)25(2,3)4/h6-13H,5,14-17H2,1-4H3,(H,26,30)(H,28,29). The number of hydrogen-bond acceptors (Lipinski definition) is 3. The highest BCUT2D eigenvalue weighted by atomic mass is 16.4. The molecule has 0 radical (unpaired) electrons. The van der Waals surface area contributed by atoms with Gasteiger partial charge in [0.2, 0.25) is 0 Å². The molecule has 0 saturated carbocycles. The van der Waals surface area contributed by atoms with Crippen LogP contribution in [0.15, 0.2) is 48.5 Å². The predicted octanol–water partition coefficient (Wildman–Crippen LogP) is 4.24. The summed E-state index contributed by atoms with van der Waals surface area (Å²) in [5.74, 6) is -1.26. The summed E-state index contributed by atoms with van der Waals surface area (Å²) in [7, 11) is 0. The second-order valence-electron chi connectivity index (χ2n) is 8.64. The fraction of sp³-hybridized carbons (Fsp3) is 0.400. The van der Waals surface area contributed by atoms with Crippen LogP contribution < -0.4 is 5.32 Å². The number of hydrogen-bond donors (Lipinski definition) is 2. The molecule has 31 heavy (non-hydrogen) atoms. The number of aliphatic carboxylic acids is 1. The second kappa shape index (κ2) is 10.8. The van der Waals surface area contributed by atoms with E-state index in [1.807, 2.05) is 31.2 Å². The Labute approximate surface area is 184 Å². The van der Waals surface area contributed by atoms with E-state index in [4.69, 9.17) is 5.11 Å². The fourth-order valence-corrected chi connectivity index (χ4v) is 3.17. The monoisotopic (exact) mass is 424 g/mol. The predicted molar refractivity (Wildman–Crippen MR) is 121 cm³/mol. The third kappa shape index (κ3) is 7.24. The van der Waals surface area contributed by atoms with Crippen molar-refractivity contribution < 1.29 is 19.5 Å². The van der Waals surface area contributed by atoms with Gasteiger partial charge in [0.1, 0.15) is 0 Å². The minimum atomic E-state index is -0.923. The minimum absolute atomic E-state index is 0.0362. The van der Waals surface area contributed by atoms with Gasteiger partial charge in [-0.15, -0.1) is 0 Å². The molecule has 0 aliphatic heterocycles. The smallest absolute Gasteiger partial charge is 0.305 e. The fourth-order valence-electron chi connectivity index (χ4n) is 3.17. The van der Waals surface area contributed by atoms with Crippen LogP contribution >= 0.6 is 0 Å². The highest BCUT2D eigenvalue weighted by Gasteiger charge is 2.17. The molecule has 2 amide bonds. The lowest BCUT2D eigenvalue weighted by Crippen LogP contribution is -2.33. The van der Waals surface area contributed by atoms with E-state index >= 15 is 0 Å². The lowest BCUT2D eigenvalue weighted by molar-refractivity contribution is -0.137. The van der Waals surface area contributed by atoms with Crippen LogP contribution in [0.25, 0.3) is 0 Å². The molecule has 0 bridgehead atoms. The van der Waals surface area contributed by atoms with Crippen molar-refractivity contribution in [3.63, 3.8) is 0 Å². The number of amides is 2. The zero-order chi connectivity index (χ0) is 23.0. The molecule has 0 spiro atoms. The molecule has 0 aliphatic carbocycles. The Balaban J connectivity index is 1.96. The van der Waals surface area contributed by atoms with Crippen molar-refractivity contribution in [1.29, 1.82) is 0 Å². The number of carbonyl (C=O) groups is 3. The van der Waals surface area contributed by atoms with Gasteiger partial charge in [-0.2, -0.15) is 0 Å². The Morgan fingerprint density at radius 3 is 2.00 bits per heavy atom. The van der Waals surface area contributed by atoms with Crippen LogP contribution in [-0.4, -0.2) is 40.9 Å². The highest BCUT2D eigenvalue weighted by Crippen LogP contribution is 2.22. The van der Waals surface area contributed by atoms with Gasteiger partial charge in [-0.1, -0.05) is 52.0 Å². The van der Waals surface area contributed by atoms with Crippen molar-refractivity contribution in [2.75, 3.05) is 13.1 Å². The van der Waals surface area contributed by atoms with Crippen LogP contribution in [0.1, 0.15) is 72.4 Å². The van der Waals surface area contributed by atoms with E-state index in [1.54, 1.807) is 29.2 Å². The Bertz CT molecular complexity index is 897. The molecular weight excluding hydrogens is 392 g/mol. The van der Waals surface area contributed by atoms with Gasteiger partial charge >= 0.3 is 5.97 Å². The summed E-state index contributed by atoms with van der Waals surface area (Å²) >= 11 is 0. The number of carboxylic acid groups (broad SMARTS) is 1. The van der Waals surface area contributed by atoms with Gasteiger partial charge in [-0.05, 0) is 47.2 Å². The number of rotatable bonds is 9. The van der Waals surface area contributed by atoms with E-state index in [0.717, 1.165) is 12.0 Å². The number of carboxylic acids is 1. The summed E-state index contributed by atoms with van der Waals surface area (Å²) in [5, 5.41) is 11.8. The molecule has 0 heterocycles. The quantitative estimate of drug-likeness (QED) is 0.630. The molecule has 0 saturated heterocycles. The van der Waals surface area contributed by atoms with Gasteiger partial charge in [0.05, 0.1) is 6.42 Å². The van der Waals surface area contributed by atoms with Crippen LogP contribution in [0.5, 0.6) is 0 Å². The maximum absolute atomic E-state index is 12.7. The average Bonchev–Trinajstić information content (AvgIpc) is 2.74. The molecular formula is C25H32N2O4. The first kappa shape index (κ1) is 24.1. The third-order valence-corrected chi connectivity index (χ3v) is 5.04. The average molecular weight is 425 g/mol. The van der Waals surface area contributed by atoms with Crippen molar-refractivity contribution in [3.05, 3.63) is 70.8 Å².